The Labute approximate surface area is 158 Å². The molecule has 4 N–H and O–H groups in total. The molecule has 0 aromatic heterocycles. The number of nitrogens with zero attached hydrogens (tertiary/aromatic N) is 1. The van der Waals surface area contributed by atoms with Gasteiger partial charge >= 0.3 is 6.18 Å². The molecule has 0 aliphatic rings. The number of nitriles is 1. The van der Waals surface area contributed by atoms with Crippen molar-refractivity contribution in [3.63, 3.8) is 0 Å². The number of carbonyl (C=O) groups is 1. The molecule has 0 heterocycles. The van der Waals surface area contributed by atoms with Gasteiger partial charge in [0.25, 0.3) is 5.91 Å². The number of primary sulfonamides is 1. The van der Waals surface area contributed by atoms with Gasteiger partial charge < -0.3 is 10.6 Å². The van der Waals surface area contributed by atoms with Crippen molar-refractivity contribution < 1.29 is 26.4 Å². The van der Waals surface area contributed by atoms with E-state index >= 15 is 0 Å². The minimum absolute atomic E-state index is 0.121. The van der Waals surface area contributed by atoms with Crippen molar-refractivity contribution in [1.29, 1.82) is 5.26 Å². The van der Waals surface area contributed by atoms with Gasteiger partial charge in [0.05, 0.1) is 10.5 Å². The quantitative estimate of drug-likeness (QED) is 0.516. The average Bonchev–Trinajstić information content (AvgIpc) is 2.61. The van der Waals surface area contributed by atoms with Crippen LogP contribution in [0, 0.1) is 11.3 Å². The fourth-order valence-electron chi connectivity index (χ4n) is 2.02. The van der Waals surface area contributed by atoms with Crippen LogP contribution in [0.3, 0.4) is 0 Å². The van der Waals surface area contributed by atoms with Gasteiger partial charge in [0.1, 0.15) is 11.6 Å². The predicted molar refractivity (Wildman–Crippen MR) is 95.2 cm³/mol. The normalized spacial score (nSPS) is 12.2. The molecule has 0 spiro atoms. The summed E-state index contributed by atoms with van der Waals surface area (Å²) in [6.45, 7) is 0. The number of amides is 1. The molecule has 2 aromatic carbocycles. The molecule has 2 aromatic rings. The van der Waals surface area contributed by atoms with Crippen LogP contribution in [0.4, 0.5) is 24.5 Å². The molecule has 146 valence electrons. The summed E-state index contributed by atoms with van der Waals surface area (Å²) >= 11 is 0. The van der Waals surface area contributed by atoms with Crippen molar-refractivity contribution >= 4 is 27.3 Å². The molecule has 0 unspecified atom stereocenters. The highest BCUT2D eigenvalue weighted by molar-refractivity contribution is 7.89. The van der Waals surface area contributed by atoms with Gasteiger partial charge in [-0.05, 0) is 42.5 Å². The topological polar surface area (TPSA) is 125 Å². The zero-order valence-corrected chi connectivity index (χ0v) is 14.8. The lowest BCUT2D eigenvalue weighted by Gasteiger charge is -2.09. The molecule has 11 heteroatoms. The van der Waals surface area contributed by atoms with Crippen LogP contribution >= 0.6 is 0 Å². The molecular weight excluding hydrogens is 397 g/mol. The van der Waals surface area contributed by atoms with E-state index in [4.69, 9.17) is 10.4 Å². The Hall–Kier alpha value is -3.36. The summed E-state index contributed by atoms with van der Waals surface area (Å²) in [5.41, 5.74) is -1.13. The van der Waals surface area contributed by atoms with Crippen LogP contribution in [0.15, 0.2) is 65.2 Å². The van der Waals surface area contributed by atoms with Crippen LogP contribution in [0.25, 0.3) is 0 Å². The van der Waals surface area contributed by atoms with Crippen molar-refractivity contribution in [2.75, 3.05) is 10.6 Å². The van der Waals surface area contributed by atoms with Gasteiger partial charge in [-0.3, -0.25) is 4.79 Å². The van der Waals surface area contributed by atoms with E-state index in [1.54, 1.807) is 6.07 Å². The van der Waals surface area contributed by atoms with Crippen molar-refractivity contribution in [2.24, 2.45) is 5.14 Å². The van der Waals surface area contributed by atoms with E-state index in [0.29, 0.717) is 5.69 Å². The average molecular weight is 410 g/mol. The maximum atomic E-state index is 12.7. The highest BCUT2D eigenvalue weighted by atomic mass is 32.2. The van der Waals surface area contributed by atoms with Gasteiger partial charge in [0.15, 0.2) is 0 Å². The summed E-state index contributed by atoms with van der Waals surface area (Å²) in [7, 11) is -3.86. The number of nitrogens with one attached hydrogen (secondary N) is 2. The van der Waals surface area contributed by atoms with E-state index in [-0.39, 0.29) is 10.6 Å². The number of alkyl halides is 3. The third kappa shape index (κ3) is 5.57. The molecule has 7 nitrogen and oxygen atoms in total. The maximum absolute atomic E-state index is 12.7. The second kappa shape index (κ2) is 8.12. The van der Waals surface area contributed by atoms with E-state index in [0.717, 1.165) is 24.4 Å². The number of sulfonamides is 1. The number of rotatable bonds is 5. The van der Waals surface area contributed by atoms with Crippen LogP contribution in [-0.4, -0.2) is 14.3 Å². The summed E-state index contributed by atoms with van der Waals surface area (Å²) < 4.78 is 60.5. The zero-order chi connectivity index (χ0) is 20.9. The van der Waals surface area contributed by atoms with E-state index in [9.17, 15) is 26.4 Å². The van der Waals surface area contributed by atoms with E-state index in [1.807, 2.05) is 0 Å². The first kappa shape index (κ1) is 20.9. The Kier molecular flexibility index (Phi) is 6.07. The summed E-state index contributed by atoms with van der Waals surface area (Å²) in [4.78, 5) is 12.0. The number of hydrogen-bond donors (Lipinski definition) is 3. The Morgan fingerprint density at radius 1 is 1.11 bits per heavy atom. The summed E-state index contributed by atoms with van der Waals surface area (Å²) in [6.07, 6.45) is -3.53. The van der Waals surface area contributed by atoms with Crippen molar-refractivity contribution in [3.8, 4) is 6.07 Å². The van der Waals surface area contributed by atoms with Crippen LogP contribution in [-0.2, 0) is 21.0 Å². The lowest BCUT2D eigenvalue weighted by atomic mass is 10.2. The summed E-state index contributed by atoms with van der Waals surface area (Å²) in [5.74, 6) is -0.921. The van der Waals surface area contributed by atoms with Gasteiger partial charge in [-0.15, -0.1) is 0 Å². The Morgan fingerprint density at radius 3 is 2.29 bits per heavy atom. The number of halogens is 3. The smallest absolute Gasteiger partial charge is 0.360 e. The lowest BCUT2D eigenvalue weighted by molar-refractivity contribution is -0.137. The monoisotopic (exact) mass is 410 g/mol. The molecule has 1 amide bonds. The second-order valence-electron chi connectivity index (χ2n) is 5.42. The SMILES string of the molecule is N#C/C(=C/Nc1ccc(S(N)(=O)=O)cc1)C(=O)Nc1cccc(C(F)(F)F)c1. The molecule has 2 rings (SSSR count). The zero-order valence-electron chi connectivity index (χ0n) is 14.0. The number of hydrogen-bond acceptors (Lipinski definition) is 5. The molecule has 0 bridgehead atoms. The predicted octanol–water partition coefficient (Wildman–Crippen LogP) is 2.81. The second-order valence-corrected chi connectivity index (χ2v) is 6.98. The Morgan fingerprint density at radius 2 is 1.75 bits per heavy atom. The highest BCUT2D eigenvalue weighted by Crippen LogP contribution is 2.30. The number of nitrogens with two attached hydrogens (primary N) is 1. The number of benzene rings is 2. The standard InChI is InChI=1S/C17H13F3N4O3S/c18-17(19,20)12-2-1-3-14(8-12)24-16(25)11(9-21)10-23-13-4-6-15(7-5-13)28(22,26)27/h1-8,10,23H,(H,24,25)(H2,22,26,27)/b11-10-. The number of carbonyl (C=O) groups excluding carboxylic acids is 1. The third-order valence-electron chi connectivity index (χ3n) is 3.38. The van der Waals surface area contributed by atoms with E-state index in [2.05, 4.69) is 10.6 Å². The fraction of sp³-hybridized carbons (Fsp3) is 0.0588. The van der Waals surface area contributed by atoms with Crippen molar-refractivity contribution in [3.05, 3.63) is 65.9 Å². The van der Waals surface area contributed by atoms with Gasteiger partial charge in [0.2, 0.25) is 10.0 Å². The first-order valence-electron chi connectivity index (χ1n) is 7.49. The minimum Gasteiger partial charge on any atom is -0.360 e. The fourth-order valence-corrected chi connectivity index (χ4v) is 2.53. The van der Waals surface area contributed by atoms with E-state index < -0.39 is 33.2 Å². The van der Waals surface area contributed by atoms with Crippen LogP contribution in [0.2, 0.25) is 0 Å². The van der Waals surface area contributed by atoms with Gasteiger partial charge in [0, 0.05) is 17.6 Å². The largest absolute Gasteiger partial charge is 0.416 e. The van der Waals surface area contributed by atoms with Crippen LogP contribution < -0.4 is 15.8 Å². The molecule has 0 atom stereocenters. The van der Waals surface area contributed by atoms with Crippen molar-refractivity contribution in [2.45, 2.75) is 11.1 Å². The lowest BCUT2D eigenvalue weighted by Crippen LogP contribution is -2.15. The molecule has 0 saturated heterocycles. The number of anilines is 2. The first-order chi connectivity index (χ1) is 13.0. The van der Waals surface area contributed by atoms with Crippen molar-refractivity contribution in [1.82, 2.24) is 0 Å². The maximum Gasteiger partial charge on any atom is 0.416 e. The molecule has 0 aliphatic heterocycles. The highest BCUT2D eigenvalue weighted by Gasteiger charge is 2.30. The first-order valence-corrected chi connectivity index (χ1v) is 9.03. The van der Waals surface area contributed by atoms with Gasteiger partial charge in [-0.1, -0.05) is 6.07 Å². The van der Waals surface area contributed by atoms with Gasteiger partial charge in [-0.25, -0.2) is 13.6 Å². The van der Waals surface area contributed by atoms with Crippen LogP contribution in [0.1, 0.15) is 5.56 Å². The molecule has 0 saturated carbocycles. The third-order valence-corrected chi connectivity index (χ3v) is 4.31. The minimum atomic E-state index is -4.57. The molecule has 0 aliphatic carbocycles. The molecule has 0 fully saturated rings. The molecule has 0 radical (unpaired) electrons. The van der Waals surface area contributed by atoms with Gasteiger partial charge in [-0.2, -0.15) is 18.4 Å². The van der Waals surface area contributed by atoms with Crippen LogP contribution in [0.5, 0.6) is 0 Å². The Bertz CT molecular complexity index is 1060. The summed E-state index contributed by atoms with van der Waals surface area (Å²) in [6, 6.07) is 10.7. The molecular formula is C17H13F3N4O3S. The Balaban J connectivity index is 2.12. The molecule has 28 heavy (non-hydrogen) atoms. The summed E-state index contributed by atoms with van der Waals surface area (Å²) in [5, 5.41) is 18.9. The van der Waals surface area contributed by atoms with E-state index in [1.165, 1.54) is 30.3 Å².